The number of hydrogen-bond donors (Lipinski definition) is 2. The van der Waals surface area contributed by atoms with Crippen molar-refractivity contribution in [3.8, 4) is 6.01 Å². The molecule has 0 aliphatic carbocycles. The van der Waals surface area contributed by atoms with Crippen molar-refractivity contribution in [3.05, 3.63) is 0 Å². The maximum Gasteiger partial charge on any atom is 0.322 e. The van der Waals surface area contributed by atoms with Gasteiger partial charge in [-0.05, 0) is 6.92 Å². The Kier molecular flexibility index (Phi) is 4.04. The molecule has 7 nitrogen and oxygen atoms in total. The Hall–Kier alpha value is -1.63. The van der Waals surface area contributed by atoms with Crippen LogP contribution in [0.3, 0.4) is 0 Å². The molecule has 0 bridgehead atoms. The molecule has 0 amide bonds. The average molecular weight is 213 g/mol. The maximum absolute atomic E-state index is 5.47. The maximum atomic E-state index is 5.47. The van der Waals surface area contributed by atoms with Gasteiger partial charge in [-0.15, -0.1) is 0 Å². The van der Waals surface area contributed by atoms with Crippen LogP contribution in [0, 0.1) is 0 Å². The molecular weight excluding hydrogens is 198 g/mol. The Morgan fingerprint density at radius 3 is 2.67 bits per heavy atom. The predicted octanol–water partition coefficient (Wildman–Crippen LogP) is -0.0908. The van der Waals surface area contributed by atoms with Crippen LogP contribution in [0.4, 0.5) is 11.9 Å². The minimum Gasteiger partial charge on any atom is -0.467 e. The van der Waals surface area contributed by atoms with Gasteiger partial charge in [0.2, 0.25) is 11.9 Å². The largest absolute Gasteiger partial charge is 0.467 e. The van der Waals surface area contributed by atoms with Crippen LogP contribution in [0.5, 0.6) is 6.01 Å². The minimum absolute atomic E-state index is 0.0847. The molecule has 0 saturated carbocycles. The molecule has 7 heteroatoms. The van der Waals surface area contributed by atoms with Gasteiger partial charge in [0.25, 0.3) is 0 Å². The molecule has 0 radical (unpaired) electrons. The molecule has 1 atom stereocenters. The van der Waals surface area contributed by atoms with E-state index in [1.54, 1.807) is 7.11 Å². The van der Waals surface area contributed by atoms with E-state index in [0.717, 1.165) is 0 Å². The Morgan fingerprint density at radius 2 is 2.07 bits per heavy atom. The molecule has 1 rings (SSSR count). The van der Waals surface area contributed by atoms with E-state index >= 15 is 0 Å². The standard InChI is InChI=1S/C8H15N5O2/c1-5(4-14-2)10-7-11-6(9)12-8(13-7)15-3/h5H,4H2,1-3H3,(H3,9,10,11,12,13). The van der Waals surface area contributed by atoms with Crippen molar-refractivity contribution in [2.24, 2.45) is 0 Å². The number of nitrogen functional groups attached to an aromatic ring is 1. The van der Waals surface area contributed by atoms with Crippen molar-refractivity contribution in [1.29, 1.82) is 0 Å². The zero-order valence-electron chi connectivity index (χ0n) is 9.02. The van der Waals surface area contributed by atoms with E-state index < -0.39 is 0 Å². The number of nitrogens with two attached hydrogens (primary N) is 1. The summed E-state index contributed by atoms with van der Waals surface area (Å²) >= 11 is 0. The lowest BCUT2D eigenvalue weighted by molar-refractivity contribution is 0.190. The molecular formula is C8H15N5O2. The van der Waals surface area contributed by atoms with Crippen LogP contribution >= 0.6 is 0 Å². The van der Waals surface area contributed by atoms with Crippen LogP contribution in [0.1, 0.15) is 6.92 Å². The Labute approximate surface area is 88.0 Å². The fraction of sp³-hybridized carbons (Fsp3) is 0.625. The Bertz CT molecular complexity index is 320. The molecule has 0 aliphatic rings. The fourth-order valence-electron chi connectivity index (χ4n) is 1.04. The summed E-state index contributed by atoms with van der Waals surface area (Å²) in [5, 5.41) is 3.01. The van der Waals surface area contributed by atoms with Gasteiger partial charge in [-0.1, -0.05) is 0 Å². The van der Waals surface area contributed by atoms with Gasteiger partial charge in [-0.25, -0.2) is 0 Å². The van der Waals surface area contributed by atoms with Crippen molar-refractivity contribution >= 4 is 11.9 Å². The monoisotopic (exact) mass is 213 g/mol. The number of methoxy groups -OCH3 is 2. The summed E-state index contributed by atoms with van der Waals surface area (Å²) in [6, 6.07) is 0.274. The molecule has 1 unspecified atom stereocenters. The van der Waals surface area contributed by atoms with Gasteiger partial charge >= 0.3 is 6.01 Å². The highest BCUT2D eigenvalue weighted by atomic mass is 16.5. The fourth-order valence-corrected chi connectivity index (χ4v) is 1.04. The van der Waals surface area contributed by atoms with Gasteiger partial charge < -0.3 is 20.5 Å². The third kappa shape index (κ3) is 3.55. The second-order valence-electron chi connectivity index (χ2n) is 3.00. The molecule has 0 aromatic carbocycles. The highest BCUT2D eigenvalue weighted by Gasteiger charge is 2.07. The van der Waals surface area contributed by atoms with Gasteiger partial charge in [-0.3, -0.25) is 0 Å². The van der Waals surface area contributed by atoms with Crippen molar-refractivity contribution < 1.29 is 9.47 Å². The topological polar surface area (TPSA) is 95.2 Å². The first-order valence-electron chi connectivity index (χ1n) is 4.46. The molecule has 84 valence electrons. The molecule has 0 spiro atoms. The molecule has 1 heterocycles. The number of ether oxygens (including phenoxy) is 2. The molecule has 0 aliphatic heterocycles. The normalized spacial score (nSPS) is 12.2. The first-order valence-corrected chi connectivity index (χ1v) is 4.46. The molecule has 15 heavy (non-hydrogen) atoms. The average Bonchev–Trinajstić information content (AvgIpc) is 2.17. The number of hydrogen-bond acceptors (Lipinski definition) is 7. The van der Waals surface area contributed by atoms with Crippen LogP contribution in [0.15, 0.2) is 0 Å². The smallest absolute Gasteiger partial charge is 0.322 e. The molecule has 1 aromatic heterocycles. The van der Waals surface area contributed by atoms with Gasteiger partial charge in [0.05, 0.1) is 13.7 Å². The highest BCUT2D eigenvalue weighted by Crippen LogP contribution is 2.08. The third-order valence-corrected chi connectivity index (χ3v) is 1.61. The van der Waals surface area contributed by atoms with E-state index in [0.29, 0.717) is 12.6 Å². The lowest BCUT2D eigenvalue weighted by atomic mass is 10.4. The van der Waals surface area contributed by atoms with Gasteiger partial charge in [0.15, 0.2) is 0 Å². The number of aromatic nitrogens is 3. The van der Waals surface area contributed by atoms with Crippen LogP contribution in [-0.2, 0) is 4.74 Å². The summed E-state index contributed by atoms with van der Waals surface area (Å²) in [4.78, 5) is 11.7. The van der Waals surface area contributed by atoms with Crippen molar-refractivity contribution in [2.45, 2.75) is 13.0 Å². The second kappa shape index (κ2) is 5.30. The number of nitrogens with zero attached hydrogens (tertiary/aromatic N) is 3. The highest BCUT2D eigenvalue weighted by molar-refractivity contribution is 5.33. The van der Waals surface area contributed by atoms with Crippen molar-refractivity contribution in [2.75, 3.05) is 31.9 Å². The first kappa shape index (κ1) is 11.4. The lowest BCUT2D eigenvalue weighted by Crippen LogP contribution is -2.22. The molecule has 0 saturated heterocycles. The zero-order chi connectivity index (χ0) is 11.3. The van der Waals surface area contributed by atoms with E-state index in [1.165, 1.54) is 7.11 Å². The Morgan fingerprint density at radius 1 is 1.33 bits per heavy atom. The summed E-state index contributed by atoms with van der Waals surface area (Å²) in [6.45, 7) is 2.49. The van der Waals surface area contributed by atoms with Gasteiger partial charge in [0, 0.05) is 13.2 Å². The number of rotatable bonds is 5. The van der Waals surface area contributed by atoms with E-state index in [-0.39, 0.29) is 18.0 Å². The van der Waals surface area contributed by atoms with Crippen molar-refractivity contribution in [3.63, 3.8) is 0 Å². The summed E-state index contributed by atoms with van der Waals surface area (Å²) < 4.78 is 9.83. The SMILES string of the molecule is COCC(C)Nc1nc(N)nc(OC)n1. The second-order valence-corrected chi connectivity index (χ2v) is 3.00. The van der Waals surface area contributed by atoms with E-state index in [9.17, 15) is 0 Å². The molecule has 1 aromatic rings. The quantitative estimate of drug-likeness (QED) is 0.705. The lowest BCUT2D eigenvalue weighted by Gasteiger charge is -2.12. The Balaban J connectivity index is 2.71. The minimum atomic E-state index is 0.0847. The predicted molar refractivity (Wildman–Crippen MR) is 55.8 cm³/mol. The molecule has 3 N–H and O–H groups in total. The summed E-state index contributed by atoms with van der Waals surface area (Å²) in [5.41, 5.74) is 5.47. The van der Waals surface area contributed by atoms with Crippen LogP contribution in [0.25, 0.3) is 0 Å². The van der Waals surface area contributed by atoms with E-state index in [2.05, 4.69) is 20.3 Å². The third-order valence-electron chi connectivity index (χ3n) is 1.61. The molecule has 0 fully saturated rings. The van der Waals surface area contributed by atoms with Crippen LogP contribution in [0.2, 0.25) is 0 Å². The van der Waals surface area contributed by atoms with Gasteiger partial charge in [0.1, 0.15) is 0 Å². The van der Waals surface area contributed by atoms with Crippen LogP contribution < -0.4 is 15.8 Å². The number of nitrogens with one attached hydrogen (secondary N) is 1. The van der Waals surface area contributed by atoms with Gasteiger partial charge in [-0.2, -0.15) is 15.0 Å². The van der Waals surface area contributed by atoms with Crippen molar-refractivity contribution in [1.82, 2.24) is 15.0 Å². The first-order chi connectivity index (χ1) is 7.15. The van der Waals surface area contributed by atoms with E-state index in [4.69, 9.17) is 15.2 Å². The van der Waals surface area contributed by atoms with E-state index in [1.807, 2.05) is 6.92 Å². The number of anilines is 2. The summed E-state index contributed by atoms with van der Waals surface area (Å²) in [6.07, 6.45) is 0. The van der Waals surface area contributed by atoms with Crippen LogP contribution in [-0.4, -0.2) is 41.8 Å². The zero-order valence-corrected chi connectivity index (χ0v) is 9.02. The summed E-state index contributed by atoms with van der Waals surface area (Å²) in [5.74, 6) is 0.498. The summed E-state index contributed by atoms with van der Waals surface area (Å²) in [7, 11) is 3.09.